The summed E-state index contributed by atoms with van der Waals surface area (Å²) in [5.74, 6) is -1.07. The first-order valence-corrected chi connectivity index (χ1v) is 5.58. The Kier molecular flexibility index (Phi) is 3.80. The number of hydrogen-bond acceptors (Lipinski definition) is 3. The van der Waals surface area contributed by atoms with Gasteiger partial charge in [0.2, 0.25) is 0 Å². The van der Waals surface area contributed by atoms with Crippen LogP contribution in [0, 0.1) is 5.82 Å². The van der Waals surface area contributed by atoms with Crippen molar-refractivity contribution >= 4 is 15.9 Å². The molecule has 5 heteroatoms. The molecule has 1 aromatic rings. The molecule has 0 saturated heterocycles. The van der Waals surface area contributed by atoms with Gasteiger partial charge in [-0.15, -0.1) is 0 Å². The normalized spacial score (nSPS) is 11.6. The Balaban J connectivity index is 3.32. The van der Waals surface area contributed by atoms with Gasteiger partial charge in [0.15, 0.2) is 17.3 Å². The van der Waals surface area contributed by atoms with Crippen LogP contribution in [0.4, 0.5) is 4.39 Å². The molecule has 0 aliphatic heterocycles. The van der Waals surface area contributed by atoms with Crippen LogP contribution < -0.4 is 10.5 Å². The summed E-state index contributed by atoms with van der Waals surface area (Å²) in [6, 6.07) is 1.21. The van der Waals surface area contributed by atoms with Gasteiger partial charge < -0.3 is 15.6 Å². The number of phenols is 1. The molecule has 1 aromatic carbocycles. The lowest BCUT2D eigenvalue weighted by Crippen LogP contribution is -2.34. The van der Waals surface area contributed by atoms with E-state index >= 15 is 0 Å². The molecule has 0 fully saturated rings. The van der Waals surface area contributed by atoms with E-state index in [2.05, 4.69) is 15.9 Å². The summed E-state index contributed by atoms with van der Waals surface area (Å²) in [4.78, 5) is 0. The molecule has 3 N–H and O–H groups in total. The molecule has 0 aliphatic carbocycles. The molecule has 0 aliphatic rings. The van der Waals surface area contributed by atoms with Crippen LogP contribution in [0.5, 0.6) is 11.5 Å². The van der Waals surface area contributed by atoms with E-state index in [0.29, 0.717) is 16.5 Å². The minimum Gasteiger partial charge on any atom is -0.502 e. The molecule has 0 heterocycles. The third kappa shape index (κ3) is 2.86. The largest absolute Gasteiger partial charge is 0.502 e. The maximum Gasteiger partial charge on any atom is 0.194 e. The fraction of sp³-hybridized carbons (Fsp3) is 0.455. The van der Waals surface area contributed by atoms with Crippen molar-refractivity contribution < 1.29 is 14.2 Å². The lowest BCUT2D eigenvalue weighted by molar-refractivity contribution is 0.349. The SMILES string of the molecule is COc1c(O)c(F)cc(Br)c1CC(C)(C)N. The average Bonchev–Trinajstić information content (AvgIpc) is 2.13. The number of ether oxygens (including phenoxy) is 1. The summed E-state index contributed by atoms with van der Waals surface area (Å²) in [7, 11) is 1.38. The molecule has 0 atom stereocenters. The van der Waals surface area contributed by atoms with Crippen molar-refractivity contribution in [3.8, 4) is 11.5 Å². The van der Waals surface area contributed by atoms with E-state index in [1.54, 1.807) is 0 Å². The maximum atomic E-state index is 13.2. The summed E-state index contributed by atoms with van der Waals surface area (Å²) in [6.07, 6.45) is 0.463. The molecule has 16 heavy (non-hydrogen) atoms. The minimum atomic E-state index is -0.720. The van der Waals surface area contributed by atoms with Gasteiger partial charge in [0, 0.05) is 15.6 Å². The van der Waals surface area contributed by atoms with Crippen LogP contribution in [0.25, 0.3) is 0 Å². The lowest BCUT2D eigenvalue weighted by Gasteiger charge is -2.21. The van der Waals surface area contributed by atoms with Crippen LogP contribution in [0.2, 0.25) is 0 Å². The second-order valence-corrected chi connectivity index (χ2v) is 5.22. The van der Waals surface area contributed by atoms with E-state index in [1.165, 1.54) is 13.2 Å². The topological polar surface area (TPSA) is 55.5 Å². The van der Waals surface area contributed by atoms with E-state index in [9.17, 15) is 9.50 Å². The van der Waals surface area contributed by atoms with Crippen molar-refractivity contribution in [2.45, 2.75) is 25.8 Å². The number of aromatic hydroxyl groups is 1. The maximum absolute atomic E-state index is 13.2. The second kappa shape index (κ2) is 4.59. The molecule has 0 amide bonds. The van der Waals surface area contributed by atoms with Crippen molar-refractivity contribution in [2.24, 2.45) is 5.73 Å². The molecule has 0 radical (unpaired) electrons. The van der Waals surface area contributed by atoms with E-state index in [0.717, 1.165) is 0 Å². The van der Waals surface area contributed by atoms with Crippen molar-refractivity contribution in [2.75, 3.05) is 7.11 Å². The Hall–Kier alpha value is -0.810. The van der Waals surface area contributed by atoms with Gasteiger partial charge >= 0.3 is 0 Å². The van der Waals surface area contributed by atoms with Crippen LogP contribution >= 0.6 is 15.9 Å². The van der Waals surface area contributed by atoms with Crippen LogP contribution in [-0.2, 0) is 6.42 Å². The van der Waals surface area contributed by atoms with Crippen molar-refractivity contribution in [3.63, 3.8) is 0 Å². The van der Waals surface area contributed by atoms with E-state index in [1.807, 2.05) is 13.8 Å². The molecule has 0 aromatic heterocycles. The van der Waals surface area contributed by atoms with Gasteiger partial charge in [-0.1, -0.05) is 15.9 Å². The molecule has 90 valence electrons. The Labute approximate surface area is 103 Å². The van der Waals surface area contributed by atoms with Crippen LogP contribution in [0.1, 0.15) is 19.4 Å². The fourth-order valence-electron chi connectivity index (χ4n) is 1.47. The Morgan fingerprint density at radius 2 is 2.12 bits per heavy atom. The summed E-state index contributed by atoms with van der Waals surface area (Å²) in [5, 5.41) is 9.54. The average molecular weight is 292 g/mol. The number of rotatable bonds is 3. The van der Waals surface area contributed by atoms with Crippen LogP contribution in [-0.4, -0.2) is 17.8 Å². The Morgan fingerprint density at radius 3 is 2.56 bits per heavy atom. The Bertz CT molecular complexity index is 402. The lowest BCUT2D eigenvalue weighted by atomic mass is 9.95. The molecular formula is C11H15BrFNO2. The van der Waals surface area contributed by atoms with Gasteiger partial charge in [-0.05, 0) is 26.3 Å². The van der Waals surface area contributed by atoms with Crippen LogP contribution in [0.15, 0.2) is 10.5 Å². The number of hydrogen-bond donors (Lipinski definition) is 2. The molecule has 0 unspecified atom stereocenters. The van der Waals surface area contributed by atoms with E-state index in [4.69, 9.17) is 10.5 Å². The predicted octanol–water partition coefficient (Wildman–Crippen LogP) is 2.58. The summed E-state index contributed by atoms with van der Waals surface area (Å²) in [6.45, 7) is 3.69. The smallest absolute Gasteiger partial charge is 0.194 e. The highest BCUT2D eigenvalue weighted by Gasteiger charge is 2.22. The minimum absolute atomic E-state index is 0.130. The number of benzene rings is 1. The highest BCUT2D eigenvalue weighted by molar-refractivity contribution is 9.10. The number of phenolic OH excluding ortho intramolecular Hbond substituents is 1. The third-order valence-corrected chi connectivity index (χ3v) is 2.80. The van der Waals surface area contributed by atoms with E-state index < -0.39 is 17.1 Å². The van der Waals surface area contributed by atoms with E-state index in [-0.39, 0.29) is 5.75 Å². The third-order valence-electron chi connectivity index (χ3n) is 2.09. The molecule has 0 bridgehead atoms. The Morgan fingerprint density at radius 1 is 1.56 bits per heavy atom. The molecule has 3 nitrogen and oxygen atoms in total. The first kappa shape index (κ1) is 13.3. The zero-order valence-electron chi connectivity index (χ0n) is 9.47. The van der Waals surface area contributed by atoms with Gasteiger partial charge in [0.25, 0.3) is 0 Å². The molecule has 0 saturated carbocycles. The first-order chi connectivity index (χ1) is 7.26. The van der Waals surface area contributed by atoms with Crippen molar-refractivity contribution in [1.82, 2.24) is 0 Å². The van der Waals surface area contributed by atoms with Crippen LogP contribution in [0.3, 0.4) is 0 Å². The number of nitrogens with two attached hydrogens (primary N) is 1. The molecule has 0 spiro atoms. The highest BCUT2D eigenvalue weighted by Crippen LogP contribution is 2.39. The summed E-state index contributed by atoms with van der Waals surface area (Å²) in [5.41, 5.74) is 6.09. The van der Waals surface area contributed by atoms with Gasteiger partial charge in [-0.3, -0.25) is 0 Å². The number of halogens is 2. The first-order valence-electron chi connectivity index (χ1n) is 4.79. The molecule has 1 rings (SSSR count). The zero-order valence-corrected chi connectivity index (χ0v) is 11.1. The van der Waals surface area contributed by atoms with Crippen molar-refractivity contribution in [1.29, 1.82) is 0 Å². The van der Waals surface area contributed by atoms with Gasteiger partial charge in [0.1, 0.15) is 0 Å². The highest BCUT2D eigenvalue weighted by atomic mass is 79.9. The predicted molar refractivity (Wildman–Crippen MR) is 64.3 cm³/mol. The monoisotopic (exact) mass is 291 g/mol. The quantitative estimate of drug-likeness (QED) is 0.900. The molecular weight excluding hydrogens is 277 g/mol. The summed E-state index contributed by atoms with van der Waals surface area (Å²) < 4.78 is 18.8. The van der Waals surface area contributed by atoms with Gasteiger partial charge in [-0.25, -0.2) is 4.39 Å². The van der Waals surface area contributed by atoms with Gasteiger partial charge in [0.05, 0.1) is 7.11 Å². The fourth-order valence-corrected chi connectivity index (χ4v) is 1.99. The second-order valence-electron chi connectivity index (χ2n) is 4.37. The standard InChI is InChI=1S/C11H15BrFNO2/c1-11(2,14)5-6-7(12)4-8(13)9(15)10(6)16-3/h4,15H,5,14H2,1-3H3. The number of methoxy groups -OCH3 is 1. The van der Waals surface area contributed by atoms with Crippen molar-refractivity contribution in [3.05, 3.63) is 21.9 Å². The van der Waals surface area contributed by atoms with Gasteiger partial charge in [-0.2, -0.15) is 0 Å². The zero-order chi connectivity index (χ0) is 12.5. The summed E-state index contributed by atoms with van der Waals surface area (Å²) >= 11 is 3.24.